The van der Waals surface area contributed by atoms with E-state index in [1.807, 2.05) is 19.9 Å². The highest BCUT2D eigenvalue weighted by Crippen LogP contribution is 2.09. The highest BCUT2D eigenvalue weighted by Gasteiger charge is 2.26. The molecule has 6 heteroatoms. The first kappa shape index (κ1) is 15.9. The monoisotopic (exact) mass is 279 g/mol. The molecule has 2 atom stereocenters. The third-order valence-electron chi connectivity index (χ3n) is 3.13. The summed E-state index contributed by atoms with van der Waals surface area (Å²) >= 11 is 0. The minimum atomic E-state index is -0.640. The summed E-state index contributed by atoms with van der Waals surface area (Å²) in [6.07, 6.45) is 4.11. The lowest BCUT2D eigenvalue weighted by Gasteiger charge is -2.21. The summed E-state index contributed by atoms with van der Waals surface area (Å²) in [6.45, 7) is 4.20. The van der Waals surface area contributed by atoms with E-state index in [1.54, 1.807) is 18.5 Å². The molecular weight excluding hydrogens is 258 g/mol. The smallest absolute Gasteiger partial charge is 0.328 e. The number of methoxy groups -OCH3 is 1. The minimum Gasteiger partial charge on any atom is -0.467 e. The van der Waals surface area contributed by atoms with Crippen molar-refractivity contribution in [3.8, 4) is 0 Å². The standard InChI is InChI=1S/C14H21N3O3/c1-4-10(2)12(13(18)20-3)17-14(19)16-9-11-6-5-7-15-8-11/h5-8,10,12H,4,9H2,1-3H3,(H2,16,17,19)/t10-,12+/m1/s1. The molecule has 6 nitrogen and oxygen atoms in total. The second-order valence-corrected chi connectivity index (χ2v) is 4.57. The molecule has 0 aliphatic heterocycles. The van der Waals surface area contributed by atoms with Crippen LogP contribution in [0.25, 0.3) is 0 Å². The number of amides is 2. The molecule has 1 rings (SSSR count). The lowest BCUT2D eigenvalue weighted by molar-refractivity contribution is -0.144. The molecule has 1 aromatic heterocycles. The molecule has 0 saturated heterocycles. The number of urea groups is 1. The van der Waals surface area contributed by atoms with Crippen molar-refractivity contribution in [1.29, 1.82) is 0 Å². The summed E-state index contributed by atoms with van der Waals surface area (Å²) in [7, 11) is 1.31. The van der Waals surface area contributed by atoms with Gasteiger partial charge in [0.15, 0.2) is 0 Å². The van der Waals surface area contributed by atoms with Crippen molar-refractivity contribution in [2.75, 3.05) is 7.11 Å². The molecule has 0 saturated carbocycles. The van der Waals surface area contributed by atoms with Crippen molar-refractivity contribution in [2.24, 2.45) is 5.92 Å². The van der Waals surface area contributed by atoms with Gasteiger partial charge in [-0.05, 0) is 17.5 Å². The van der Waals surface area contributed by atoms with Crippen molar-refractivity contribution < 1.29 is 14.3 Å². The van der Waals surface area contributed by atoms with Crippen LogP contribution >= 0.6 is 0 Å². The van der Waals surface area contributed by atoms with E-state index in [0.29, 0.717) is 6.54 Å². The Morgan fingerprint density at radius 2 is 2.20 bits per heavy atom. The molecule has 0 spiro atoms. The van der Waals surface area contributed by atoms with Gasteiger partial charge in [0, 0.05) is 18.9 Å². The molecule has 2 N–H and O–H groups in total. The number of aromatic nitrogens is 1. The van der Waals surface area contributed by atoms with E-state index in [1.165, 1.54) is 7.11 Å². The number of nitrogens with one attached hydrogen (secondary N) is 2. The summed E-state index contributed by atoms with van der Waals surface area (Å²) in [5.41, 5.74) is 0.890. The molecule has 110 valence electrons. The van der Waals surface area contributed by atoms with Gasteiger partial charge in [0.1, 0.15) is 6.04 Å². The molecule has 0 aliphatic rings. The fourth-order valence-electron chi connectivity index (χ4n) is 1.67. The van der Waals surface area contributed by atoms with Crippen LogP contribution in [0, 0.1) is 5.92 Å². The largest absolute Gasteiger partial charge is 0.467 e. The van der Waals surface area contributed by atoms with Gasteiger partial charge in [-0.2, -0.15) is 0 Å². The first-order valence-electron chi connectivity index (χ1n) is 6.59. The number of esters is 1. The summed E-state index contributed by atoms with van der Waals surface area (Å²) in [5, 5.41) is 5.33. The second-order valence-electron chi connectivity index (χ2n) is 4.57. The van der Waals surface area contributed by atoms with Crippen LogP contribution in [0.15, 0.2) is 24.5 Å². The van der Waals surface area contributed by atoms with Crippen LogP contribution in [0.2, 0.25) is 0 Å². The molecule has 0 radical (unpaired) electrons. The average molecular weight is 279 g/mol. The molecule has 1 aromatic rings. The lowest BCUT2D eigenvalue weighted by atomic mass is 9.99. The van der Waals surface area contributed by atoms with Gasteiger partial charge in [-0.25, -0.2) is 9.59 Å². The van der Waals surface area contributed by atoms with Crippen LogP contribution in [-0.4, -0.2) is 30.1 Å². The number of pyridine rings is 1. The van der Waals surface area contributed by atoms with E-state index < -0.39 is 18.0 Å². The third-order valence-corrected chi connectivity index (χ3v) is 3.13. The lowest BCUT2D eigenvalue weighted by Crippen LogP contribution is -2.49. The van der Waals surface area contributed by atoms with E-state index in [9.17, 15) is 9.59 Å². The molecule has 0 aliphatic carbocycles. The van der Waals surface area contributed by atoms with Gasteiger partial charge in [0.2, 0.25) is 0 Å². The Bertz CT molecular complexity index is 437. The molecule has 0 unspecified atom stereocenters. The van der Waals surface area contributed by atoms with Crippen LogP contribution in [-0.2, 0) is 16.1 Å². The van der Waals surface area contributed by atoms with E-state index in [0.717, 1.165) is 12.0 Å². The van der Waals surface area contributed by atoms with E-state index in [-0.39, 0.29) is 5.92 Å². The van der Waals surface area contributed by atoms with Crippen molar-refractivity contribution in [1.82, 2.24) is 15.6 Å². The number of carbonyl (C=O) groups excluding carboxylic acids is 2. The molecule has 1 heterocycles. The van der Waals surface area contributed by atoms with Crippen molar-refractivity contribution in [3.05, 3.63) is 30.1 Å². The van der Waals surface area contributed by atoms with E-state index >= 15 is 0 Å². The fraction of sp³-hybridized carbons (Fsp3) is 0.500. The number of ether oxygens (including phenoxy) is 1. The highest BCUT2D eigenvalue weighted by atomic mass is 16.5. The van der Waals surface area contributed by atoms with Crippen LogP contribution in [0.1, 0.15) is 25.8 Å². The molecule has 2 amide bonds. The highest BCUT2D eigenvalue weighted by molar-refractivity contribution is 5.83. The Balaban J connectivity index is 2.51. The Morgan fingerprint density at radius 1 is 1.45 bits per heavy atom. The van der Waals surface area contributed by atoms with Crippen LogP contribution < -0.4 is 10.6 Å². The molecule has 0 fully saturated rings. The zero-order chi connectivity index (χ0) is 15.0. The summed E-state index contributed by atoms with van der Waals surface area (Å²) in [4.78, 5) is 27.4. The van der Waals surface area contributed by atoms with Gasteiger partial charge in [-0.3, -0.25) is 4.98 Å². The molecule has 0 bridgehead atoms. The quantitative estimate of drug-likeness (QED) is 0.773. The number of carbonyl (C=O) groups is 2. The summed E-state index contributed by atoms with van der Waals surface area (Å²) in [5.74, 6) is -0.428. The first-order chi connectivity index (χ1) is 9.58. The summed E-state index contributed by atoms with van der Waals surface area (Å²) < 4.78 is 4.71. The van der Waals surface area contributed by atoms with E-state index in [2.05, 4.69) is 15.6 Å². The van der Waals surface area contributed by atoms with E-state index in [4.69, 9.17) is 4.74 Å². The predicted octanol–water partition coefficient (Wildman–Crippen LogP) is 1.47. The Morgan fingerprint density at radius 3 is 2.75 bits per heavy atom. The topological polar surface area (TPSA) is 80.3 Å². The predicted molar refractivity (Wildman–Crippen MR) is 74.9 cm³/mol. The fourth-order valence-corrected chi connectivity index (χ4v) is 1.67. The second kappa shape index (κ2) is 8.14. The maximum Gasteiger partial charge on any atom is 0.328 e. The van der Waals surface area contributed by atoms with Gasteiger partial charge in [0.25, 0.3) is 0 Å². The van der Waals surface area contributed by atoms with Crippen molar-refractivity contribution in [3.63, 3.8) is 0 Å². The molecule has 20 heavy (non-hydrogen) atoms. The van der Waals surface area contributed by atoms with Crippen molar-refractivity contribution in [2.45, 2.75) is 32.9 Å². The maximum atomic E-state index is 11.8. The van der Waals surface area contributed by atoms with Crippen molar-refractivity contribution >= 4 is 12.0 Å². The van der Waals surface area contributed by atoms with Crippen LogP contribution in [0.4, 0.5) is 4.79 Å². The number of rotatable bonds is 6. The Labute approximate surface area is 118 Å². The van der Waals surface area contributed by atoms with Gasteiger partial charge in [-0.1, -0.05) is 26.3 Å². The zero-order valence-corrected chi connectivity index (χ0v) is 12.1. The number of nitrogens with zero attached hydrogens (tertiary/aromatic N) is 1. The Hall–Kier alpha value is -2.11. The minimum absolute atomic E-state index is 0.00610. The van der Waals surface area contributed by atoms with Crippen LogP contribution in [0.3, 0.4) is 0 Å². The maximum absolute atomic E-state index is 11.8. The number of hydrogen-bond donors (Lipinski definition) is 2. The van der Waals surface area contributed by atoms with Gasteiger partial charge in [0.05, 0.1) is 7.11 Å². The average Bonchev–Trinajstić information content (AvgIpc) is 2.50. The summed E-state index contributed by atoms with van der Waals surface area (Å²) in [6, 6.07) is 2.62. The Kier molecular flexibility index (Phi) is 6.49. The third kappa shape index (κ3) is 4.87. The first-order valence-corrected chi connectivity index (χ1v) is 6.59. The molecular formula is C14H21N3O3. The van der Waals surface area contributed by atoms with Gasteiger partial charge in [-0.15, -0.1) is 0 Å². The van der Waals surface area contributed by atoms with Gasteiger partial charge < -0.3 is 15.4 Å². The molecule has 0 aromatic carbocycles. The zero-order valence-electron chi connectivity index (χ0n) is 12.1. The SMILES string of the molecule is CC[C@@H](C)[C@H](NC(=O)NCc1cccnc1)C(=O)OC. The van der Waals surface area contributed by atoms with Crippen LogP contribution in [0.5, 0.6) is 0 Å². The van der Waals surface area contributed by atoms with Gasteiger partial charge >= 0.3 is 12.0 Å². The normalized spacial score (nSPS) is 13.2. The number of hydrogen-bond acceptors (Lipinski definition) is 4.